The zero-order valence-electron chi connectivity index (χ0n) is 33.1. The number of carbonyl (C=O) groups is 4. The summed E-state index contributed by atoms with van der Waals surface area (Å²) < 4.78 is 12.8. The van der Waals surface area contributed by atoms with Crippen LogP contribution in [0.3, 0.4) is 0 Å². The summed E-state index contributed by atoms with van der Waals surface area (Å²) in [5.74, 6) is 0.714. The molecule has 5 aliphatic heterocycles. The molecule has 13 heteroatoms. The van der Waals surface area contributed by atoms with E-state index in [0.29, 0.717) is 43.1 Å². The van der Waals surface area contributed by atoms with Crippen molar-refractivity contribution in [1.82, 2.24) is 20.9 Å². The monoisotopic (exact) mass is 814 g/mol. The summed E-state index contributed by atoms with van der Waals surface area (Å²) in [7, 11) is 3.39. The Hall–Kier alpha value is -3.52. The molecule has 10 aliphatic rings. The van der Waals surface area contributed by atoms with Crippen LogP contribution in [0.5, 0.6) is 0 Å². The summed E-state index contributed by atoms with van der Waals surface area (Å²) in [5, 5.41) is 20.7. The summed E-state index contributed by atoms with van der Waals surface area (Å²) in [4.78, 5) is 56.9. The molecule has 2 amide bonds. The number of dihydropyridines is 1. The minimum atomic E-state index is -0.897. The average molecular weight is 815 g/mol. The molecule has 5 heterocycles. The predicted octanol–water partition coefficient (Wildman–Crippen LogP) is 6.04. The van der Waals surface area contributed by atoms with Crippen LogP contribution < -0.4 is 16.0 Å². The van der Waals surface area contributed by atoms with E-state index in [4.69, 9.17) is 9.47 Å². The highest BCUT2D eigenvalue weighted by atomic mass is 33.1. The molecule has 2 saturated carbocycles. The Bertz CT molecular complexity index is 1970. The number of aliphatic hydroxyl groups excluding tert-OH is 1. The molecule has 0 aromatic carbocycles. The third-order valence-electron chi connectivity index (χ3n) is 14.4. The van der Waals surface area contributed by atoms with Crippen molar-refractivity contribution in [2.45, 2.75) is 96.5 Å². The van der Waals surface area contributed by atoms with Gasteiger partial charge in [0.25, 0.3) is 11.8 Å². The van der Waals surface area contributed by atoms with Crippen LogP contribution in [0.15, 0.2) is 81.7 Å². The lowest BCUT2D eigenvalue weighted by Gasteiger charge is -2.57. The maximum Gasteiger partial charge on any atom is 0.340 e. The van der Waals surface area contributed by atoms with E-state index >= 15 is 0 Å². The second kappa shape index (κ2) is 15.3. The van der Waals surface area contributed by atoms with E-state index in [1.807, 2.05) is 0 Å². The zero-order valence-corrected chi connectivity index (χ0v) is 34.7. The van der Waals surface area contributed by atoms with Crippen molar-refractivity contribution in [2.75, 3.05) is 25.5 Å². The second-order valence-corrected chi connectivity index (χ2v) is 20.0. The van der Waals surface area contributed by atoms with Gasteiger partial charge in [-0.15, -0.1) is 0 Å². The van der Waals surface area contributed by atoms with E-state index in [0.717, 1.165) is 72.4 Å². The fraction of sp³-hybridized carbons (Fsp3) is 0.591. The zero-order chi connectivity index (χ0) is 39.6. The second-order valence-electron chi connectivity index (χ2n) is 17.5. The highest BCUT2D eigenvalue weighted by Crippen LogP contribution is 2.71. The number of aliphatic hydroxyl groups is 1. The number of amides is 2. The molecule has 5 aliphatic carbocycles. The standard InChI is InChI=1S/C44H54N4O7S2/c1-4-43(15-5-6-16-43)20-31-29-9-8-28-27-13-17-44(38(28)37(29)41(52)54-31)32-10-7-24(2)40(46-21-25(3)49)57-56-23-47-33-19-26(14-18-45-33)30(36(27)39(44)42(53)55-32)22-48-34(50)11-12-35(48)51/h10-12,14,19-20,24-25,27-28,30,38,40,45-47,49H,4-9,13,15-18,21-23H2,1-3H3/b31-20-,32-10-/t24-,25+,27+,28+,30+,38-,40+,44+/m1/s1. The lowest BCUT2D eigenvalue weighted by Crippen LogP contribution is -2.54. The number of cyclic esters (lactones) is 1. The fourth-order valence-corrected chi connectivity index (χ4v) is 14.1. The summed E-state index contributed by atoms with van der Waals surface area (Å²) >= 11 is 0. The molecule has 0 unspecified atom stereocenters. The van der Waals surface area contributed by atoms with Gasteiger partial charge in [-0.25, -0.2) is 9.59 Å². The largest absolute Gasteiger partial charge is 0.427 e. The number of hydrogen-bond acceptors (Lipinski definition) is 12. The van der Waals surface area contributed by atoms with Gasteiger partial charge in [0, 0.05) is 54.8 Å². The van der Waals surface area contributed by atoms with Crippen molar-refractivity contribution in [2.24, 2.45) is 40.4 Å². The van der Waals surface area contributed by atoms with E-state index in [1.165, 1.54) is 29.9 Å². The third kappa shape index (κ3) is 6.59. The summed E-state index contributed by atoms with van der Waals surface area (Å²) in [6.45, 7) is 7.27. The van der Waals surface area contributed by atoms with Crippen LogP contribution in [0.2, 0.25) is 0 Å². The van der Waals surface area contributed by atoms with Crippen LogP contribution in [-0.4, -0.2) is 70.7 Å². The first-order valence-electron chi connectivity index (χ1n) is 21.0. The van der Waals surface area contributed by atoms with Crippen LogP contribution in [0.1, 0.15) is 85.0 Å². The maximum absolute atomic E-state index is 14.8. The van der Waals surface area contributed by atoms with Crippen molar-refractivity contribution in [3.63, 3.8) is 0 Å². The molecule has 0 radical (unpaired) electrons. The molecule has 4 N–H and O–H groups in total. The Morgan fingerprint density at radius 2 is 1.84 bits per heavy atom. The molecule has 7 bridgehead atoms. The lowest BCUT2D eigenvalue weighted by atomic mass is 9.43. The fourth-order valence-electron chi connectivity index (χ4n) is 11.7. The first-order valence-corrected chi connectivity index (χ1v) is 23.4. The van der Waals surface area contributed by atoms with Gasteiger partial charge in [0.15, 0.2) is 0 Å². The van der Waals surface area contributed by atoms with Crippen molar-refractivity contribution < 1.29 is 33.8 Å². The van der Waals surface area contributed by atoms with Crippen LogP contribution in [0.25, 0.3) is 0 Å². The first kappa shape index (κ1) is 39.0. The smallest absolute Gasteiger partial charge is 0.340 e. The van der Waals surface area contributed by atoms with Crippen molar-refractivity contribution >= 4 is 45.3 Å². The molecule has 1 saturated heterocycles. The number of nitrogens with one attached hydrogen (secondary N) is 3. The number of fused-ring (bicyclic) bond motifs is 2. The molecule has 10 rings (SSSR count). The van der Waals surface area contributed by atoms with E-state index in [2.05, 4.69) is 54.1 Å². The molecule has 0 aromatic heterocycles. The van der Waals surface area contributed by atoms with Gasteiger partial charge in [0.2, 0.25) is 0 Å². The molecule has 11 nitrogen and oxygen atoms in total. The number of carbonyl (C=O) groups excluding carboxylic acids is 4. The first-order chi connectivity index (χ1) is 27.5. The Kier molecular flexibility index (Phi) is 10.4. The molecule has 3 fully saturated rings. The molecule has 57 heavy (non-hydrogen) atoms. The van der Waals surface area contributed by atoms with Crippen molar-refractivity contribution in [1.29, 1.82) is 0 Å². The van der Waals surface area contributed by atoms with E-state index in [1.54, 1.807) is 28.5 Å². The van der Waals surface area contributed by atoms with Crippen molar-refractivity contribution in [3.8, 4) is 0 Å². The van der Waals surface area contributed by atoms with Crippen LogP contribution in [0, 0.1) is 40.4 Å². The Labute approximate surface area is 342 Å². The van der Waals surface area contributed by atoms with Gasteiger partial charge in [-0.3, -0.25) is 14.5 Å². The van der Waals surface area contributed by atoms with Gasteiger partial charge in [-0.1, -0.05) is 54.4 Å². The Balaban J connectivity index is 1.23. The van der Waals surface area contributed by atoms with Gasteiger partial charge in [-0.05, 0) is 111 Å². The number of ether oxygens (including phenoxy) is 2. The van der Waals surface area contributed by atoms with E-state index in [-0.39, 0.29) is 58.8 Å². The van der Waals surface area contributed by atoms with Crippen LogP contribution in [-0.2, 0) is 28.7 Å². The molecular weight excluding hydrogens is 761 g/mol. The van der Waals surface area contributed by atoms with E-state index in [9.17, 15) is 24.3 Å². The third-order valence-corrected chi connectivity index (χ3v) is 17.0. The summed E-state index contributed by atoms with van der Waals surface area (Å²) in [5.41, 5.74) is 3.35. The number of nitrogens with zero attached hydrogens (tertiary/aromatic N) is 1. The quantitative estimate of drug-likeness (QED) is 0.135. The lowest BCUT2D eigenvalue weighted by molar-refractivity contribution is -0.138. The highest BCUT2D eigenvalue weighted by Gasteiger charge is 2.69. The normalized spacial score (nSPS) is 36.6. The van der Waals surface area contributed by atoms with Gasteiger partial charge < -0.3 is 30.5 Å². The van der Waals surface area contributed by atoms with Crippen molar-refractivity contribution in [3.05, 3.63) is 81.7 Å². The molecule has 1 spiro atoms. The molecular formula is C44H54N4O7S2. The summed E-state index contributed by atoms with van der Waals surface area (Å²) in [6.07, 6.45) is 19.8. The molecule has 8 atom stereocenters. The summed E-state index contributed by atoms with van der Waals surface area (Å²) in [6, 6.07) is 0. The highest BCUT2D eigenvalue weighted by molar-refractivity contribution is 8.76. The Morgan fingerprint density at radius 1 is 1.05 bits per heavy atom. The SMILES string of the molecule is CCC1(/C=C2\OC(=O)C3=C2CC[C@H]2[C@@H]4CC[C@@]5(C6=C4[C@@H](CN4C(=O)C=CC4=O)C4=CCNC(=C4)NCSS[C@H](NC[C@H](C)O)[C@H](C)C/C=C/5OC6=O)[C@@H]32)CCCC1. The van der Waals surface area contributed by atoms with Gasteiger partial charge >= 0.3 is 11.9 Å². The minimum absolute atomic E-state index is 0.00794. The minimum Gasteiger partial charge on any atom is -0.427 e. The van der Waals surface area contributed by atoms with Gasteiger partial charge in [0.1, 0.15) is 11.5 Å². The van der Waals surface area contributed by atoms with Gasteiger partial charge in [-0.2, -0.15) is 0 Å². The van der Waals surface area contributed by atoms with Gasteiger partial charge in [0.05, 0.1) is 34.2 Å². The Morgan fingerprint density at radius 3 is 2.60 bits per heavy atom. The topological polar surface area (TPSA) is 146 Å². The number of allylic oxidation sites excluding steroid dienone is 5. The van der Waals surface area contributed by atoms with E-state index < -0.39 is 23.4 Å². The predicted molar refractivity (Wildman–Crippen MR) is 219 cm³/mol. The molecule has 304 valence electrons. The number of imide groups is 1. The maximum atomic E-state index is 14.8. The molecule has 0 aromatic rings. The van der Waals surface area contributed by atoms with Crippen LogP contribution >= 0.6 is 21.6 Å². The number of esters is 2. The average Bonchev–Trinajstić information content (AvgIpc) is 3.96. The number of hydrogen-bond donors (Lipinski definition) is 4. The van der Waals surface area contributed by atoms with Crippen LogP contribution in [0.4, 0.5) is 0 Å². The number of rotatable bonds is 7.